The number of fused-ring (bicyclic) bond motifs is 1. The molecule has 3 rings (SSSR count). The molecule has 0 saturated carbocycles. The Morgan fingerprint density at radius 3 is 2.68 bits per heavy atom. The smallest absolute Gasteiger partial charge is 0.258 e. The van der Waals surface area contributed by atoms with Gasteiger partial charge in [0, 0.05) is 16.4 Å². The quantitative estimate of drug-likeness (QED) is 0.625. The van der Waals surface area contributed by atoms with Crippen LogP contribution in [0.15, 0.2) is 62.9 Å². The van der Waals surface area contributed by atoms with Gasteiger partial charge in [0.15, 0.2) is 4.80 Å². The lowest BCUT2D eigenvalue weighted by Crippen LogP contribution is -2.14. The third-order valence-electron chi connectivity index (χ3n) is 3.11. The van der Waals surface area contributed by atoms with E-state index in [1.54, 1.807) is 0 Å². The molecule has 1 aromatic heterocycles. The number of hydrogen-bond donors (Lipinski definition) is 0. The Kier molecular flexibility index (Phi) is 4.81. The summed E-state index contributed by atoms with van der Waals surface area (Å²) in [5.74, 6) is 0.227. The van der Waals surface area contributed by atoms with E-state index in [0.29, 0.717) is 5.75 Å². The number of thioether (sulfide) groups is 1. The third-order valence-corrected chi connectivity index (χ3v) is 5.75. The summed E-state index contributed by atoms with van der Waals surface area (Å²) < 4.78 is 4.13. The third kappa shape index (κ3) is 3.51. The first-order valence-corrected chi connectivity index (χ1v) is 9.23. The predicted molar refractivity (Wildman–Crippen MR) is 96.2 cm³/mol. The maximum atomic E-state index is 12.1. The van der Waals surface area contributed by atoms with Crippen LogP contribution in [-0.2, 0) is 11.8 Å². The van der Waals surface area contributed by atoms with Crippen molar-refractivity contribution in [1.29, 1.82) is 0 Å². The summed E-state index contributed by atoms with van der Waals surface area (Å²) in [7, 11) is 1.94. The summed E-state index contributed by atoms with van der Waals surface area (Å²) in [4.78, 5) is 18.1. The van der Waals surface area contributed by atoms with Crippen LogP contribution in [0.3, 0.4) is 0 Å². The van der Waals surface area contributed by atoms with Crippen LogP contribution in [0.25, 0.3) is 10.2 Å². The van der Waals surface area contributed by atoms with Gasteiger partial charge in [-0.3, -0.25) is 4.79 Å². The Morgan fingerprint density at radius 2 is 1.95 bits per heavy atom. The van der Waals surface area contributed by atoms with Crippen LogP contribution < -0.4 is 4.80 Å². The van der Waals surface area contributed by atoms with Crippen molar-refractivity contribution < 1.29 is 4.79 Å². The molecule has 0 spiro atoms. The van der Waals surface area contributed by atoms with E-state index >= 15 is 0 Å². The molecule has 0 aliphatic carbocycles. The lowest BCUT2D eigenvalue weighted by atomic mass is 10.3. The SMILES string of the molecule is Cn1c(=NC(=O)CSc2ccc(Br)cc2)sc2ccccc21. The average molecular weight is 393 g/mol. The average Bonchev–Trinajstić information content (AvgIpc) is 2.83. The molecule has 0 fully saturated rings. The van der Waals surface area contributed by atoms with E-state index < -0.39 is 0 Å². The first-order chi connectivity index (χ1) is 10.6. The van der Waals surface area contributed by atoms with Gasteiger partial charge in [0.1, 0.15) is 0 Å². The van der Waals surface area contributed by atoms with Crippen LogP contribution >= 0.6 is 39.0 Å². The molecule has 0 saturated heterocycles. The fourth-order valence-corrected chi connectivity index (χ4v) is 3.99. The standard InChI is InChI=1S/C16H13BrN2OS2/c1-19-13-4-2-3-5-14(13)22-16(19)18-15(20)10-21-12-8-6-11(17)7-9-12/h2-9H,10H2,1H3. The number of hydrogen-bond acceptors (Lipinski definition) is 3. The number of carbonyl (C=O) groups excluding carboxylic acids is 1. The zero-order valence-corrected chi connectivity index (χ0v) is 15.0. The molecule has 0 atom stereocenters. The molecule has 2 aromatic carbocycles. The fourth-order valence-electron chi connectivity index (χ4n) is 2.00. The number of aromatic nitrogens is 1. The van der Waals surface area contributed by atoms with Crippen LogP contribution in [0.4, 0.5) is 0 Å². The molecular formula is C16H13BrN2OS2. The van der Waals surface area contributed by atoms with Crippen LogP contribution in [0.1, 0.15) is 0 Å². The minimum Gasteiger partial charge on any atom is -0.319 e. The number of carbonyl (C=O) groups is 1. The van der Waals surface area contributed by atoms with E-state index in [0.717, 1.165) is 24.4 Å². The molecule has 0 N–H and O–H groups in total. The van der Waals surface area contributed by atoms with Crippen molar-refractivity contribution in [2.45, 2.75) is 4.90 Å². The second kappa shape index (κ2) is 6.81. The highest BCUT2D eigenvalue weighted by Crippen LogP contribution is 2.20. The van der Waals surface area contributed by atoms with Crippen molar-refractivity contribution in [3.8, 4) is 0 Å². The maximum Gasteiger partial charge on any atom is 0.258 e. The lowest BCUT2D eigenvalue weighted by Gasteiger charge is -1.98. The monoisotopic (exact) mass is 392 g/mol. The van der Waals surface area contributed by atoms with Crippen LogP contribution in [0.2, 0.25) is 0 Å². The van der Waals surface area contributed by atoms with E-state index in [9.17, 15) is 4.79 Å². The van der Waals surface area contributed by atoms with Gasteiger partial charge in [-0.1, -0.05) is 39.4 Å². The highest BCUT2D eigenvalue weighted by Gasteiger charge is 2.05. The Balaban J connectivity index is 1.77. The molecule has 0 unspecified atom stereocenters. The number of para-hydroxylation sites is 1. The van der Waals surface area contributed by atoms with Crippen LogP contribution in [0, 0.1) is 0 Å². The van der Waals surface area contributed by atoms with E-state index in [2.05, 4.69) is 20.9 Å². The molecule has 0 aliphatic heterocycles. The maximum absolute atomic E-state index is 12.1. The van der Waals surface area contributed by atoms with Crippen molar-refractivity contribution in [2.75, 3.05) is 5.75 Å². The number of aryl methyl sites for hydroxylation is 1. The van der Waals surface area contributed by atoms with Gasteiger partial charge in [-0.05, 0) is 36.4 Å². The molecule has 3 aromatic rings. The Morgan fingerprint density at radius 1 is 1.23 bits per heavy atom. The van der Waals surface area contributed by atoms with Gasteiger partial charge in [0.05, 0.1) is 16.0 Å². The number of rotatable bonds is 3. The minimum absolute atomic E-state index is 0.116. The Labute approximate surface area is 144 Å². The summed E-state index contributed by atoms with van der Waals surface area (Å²) in [6.45, 7) is 0. The topological polar surface area (TPSA) is 34.4 Å². The highest BCUT2D eigenvalue weighted by atomic mass is 79.9. The van der Waals surface area contributed by atoms with Crippen molar-refractivity contribution in [3.05, 3.63) is 57.8 Å². The lowest BCUT2D eigenvalue weighted by molar-refractivity contribution is -0.115. The van der Waals surface area contributed by atoms with Crippen molar-refractivity contribution in [1.82, 2.24) is 4.57 Å². The highest BCUT2D eigenvalue weighted by molar-refractivity contribution is 9.10. The molecule has 22 heavy (non-hydrogen) atoms. The summed E-state index contributed by atoms with van der Waals surface area (Å²) in [5.41, 5.74) is 1.10. The molecule has 0 radical (unpaired) electrons. The molecular weight excluding hydrogens is 380 g/mol. The molecule has 6 heteroatoms. The number of thiazole rings is 1. The van der Waals surface area contributed by atoms with Crippen LogP contribution in [0.5, 0.6) is 0 Å². The fraction of sp³-hybridized carbons (Fsp3) is 0.125. The van der Waals surface area contributed by atoms with Gasteiger partial charge in [0.2, 0.25) is 0 Å². The predicted octanol–water partition coefficient (Wildman–Crippen LogP) is 4.22. The van der Waals surface area contributed by atoms with Gasteiger partial charge in [-0.2, -0.15) is 4.99 Å². The summed E-state index contributed by atoms with van der Waals surface area (Å²) in [6, 6.07) is 16.0. The molecule has 3 nitrogen and oxygen atoms in total. The summed E-state index contributed by atoms with van der Waals surface area (Å²) >= 11 is 6.43. The number of nitrogens with zero attached hydrogens (tertiary/aromatic N) is 2. The van der Waals surface area contributed by atoms with Crippen molar-refractivity contribution in [2.24, 2.45) is 12.0 Å². The van der Waals surface area contributed by atoms with Crippen LogP contribution in [-0.4, -0.2) is 16.2 Å². The first kappa shape index (κ1) is 15.5. The zero-order valence-electron chi connectivity index (χ0n) is 11.8. The molecule has 1 amide bonds. The Bertz CT molecular complexity index is 881. The second-order valence-electron chi connectivity index (χ2n) is 4.66. The van der Waals surface area contributed by atoms with Gasteiger partial charge in [-0.15, -0.1) is 11.8 Å². The Hall–Kier alpha value is -1.37. The van der Waals surface area contributed by atoms with Crippen molar-refractivity contribution in [3.63, 3.8) is 0 Å². The van der Waals surface area contributed by atoms with E-state index in [1.807, 2.05) is 60.1 Å². The number of halogens is 1. The molecule has 112 valence electrons. The van der Waals surface area contributed by atoms with Gasteiger partial charge in [-0.25, -0.2) is 0 Å². The van der Waals surface area contributed by atoms with E-state index in [4.69, 9.17) is 0 Å². The minimum atomic E-state index is -0.116. The van der Waals surface area contributed by atoms with Crippen molar-refractivity contribution >= 4 is 55.2 Å². The molecule has 1 heterocycles. The number of benzene rings is 2. The molecule has 0 aliphatic rings. The first-order valence-electron chi connectivity index (χ1n) is 6.64. The van der Waals surface area contributed by atoms with E-state index in [1.165, 1.54) is 23.1 Å². The largest absolute Gasteiger partial charge is 0.319 e. The van der Waals surface area contributed by atoms with Gasteiger partial charge in [0.25, 0.3) is 5.91 Å². The second-order valence-corrected chi connectivity index (χ2v) is 7.63. The normalized spacial score (nSPS) is 12.0. The summed E-state index contributed by atoms with van der Waals surface area (Å²) in [6.07, 6.45) is 0. The van der Waals surface area contributed by atoms with E-state index in [-0.39, 0.29) is 5.91 Å². The summed E-state index contributed by atoms with van der Waals surface area (Å²) in [5, 5.41) is 0. The van der Waals surface area contributed by atoms with Gasteiger partial charge < -0.3 is 4.57 Å². The number of amides is 1. The molecule has 0 bridgehead atoms. The zero-order chi connectivity index (χ0) is 15.5. The van der Waals surface area contributed by atoms with Gasteiger partial charge >= 0.3 is 0 Å².